The van der Waals surface area contributed by atoms with Gasteiger partial charge < -0.3 is 10.5 Å². The van der Waals surface area contributed by atoms with Crippen molar-refractivity contribution in [3.63, 3.8) is 0 Å². The molecule has 2 heterocycles. The topological polar surface area (TPSA) is 72.0 Å². The summed E-state index contributed by atoms with van der Waals surface area (Å²) < 4.78 is 5.50. The molecule has 0 saturated carbocycles. The SMILES string of the molecule is CC1OCCC1Sc1cc(C(=N)N)ccn1. The van der Waals surface area contributed by atoms with Crippen molar-refractivity contribution in [1.29, 1.82) is 5.41 Å². The van der Waals surface area contributed by atoms with Crippen molar-refractivity contribution < 1.29 is 4.74 Å². The molecule has 2 rings (SSSR count). The first-order valence-corrected chi connectivity index (χ1v) is 6.13. The second kappa shape index (κ2) is 4.84. The van der Waals surface area contributed by atoms with Crippen LogP contribution in [0.5, 0.6) is 0 Å². The first kappa shape index (κ1) is 11.4. The van der Waals surface area contributed by atoms with Gasteiger partial charge in [-0.3, -0.25) is 5.41 Å². The van der Waals surface area contributed by atoms with E-state index in [1.165, 1.54) is 0 Å². The Hall–Kier alpha value is -1.07. The van der Waals surface area contributed by atoms with E-state index in [1.807, 2.05) is 6.07 Å². The highest BCUT2D eigenvalue weighted by atomic mass is 32.2. The Bertz CT molecular complexity index is 397. The second-order valence-corrected chi connectivity index (χ2v) is 5.08. The Balaban J connectivity index is 2.09. The van der Waals surface area contributed by atoms with Crippen molar-refractivity contribution in [2.75, 3.05) is 6.61 Å². The first-order chi connectivity index (χ1) is 7.66. The number of ether oxygens (including phenoxy) is 1. The number of amidine groups is 1. The maximum absolute atomic E-state index is 7.37. The molecule has 0 spiro atoms. The number of hydrogen-bond donors (Lipinski definition) is 2. The van der Waals surface area contributed by atoms with E-state index in [4.69, 9.17) is 15.9 Å². The van der Waals surface area contributed by atoms with Gasteiger partial charge in [0.05, 0.1) is 11.1 Å². The van der Waals surface area contributed by atoms with Crippen molar-refractivity contribution in [2.45, 2.75) is 29.7 Å². The van der Waals surface area contributed by atoms with Crippen molar-refractivity contribution in [3.8, 4) is 0 Å². The van der Waals surface area contributed by atoms with E-state index in [0.717, 1.165) is 23.6 Å². The Morgan fingerprint density at radius 1 is 1.69 bits per heavy atom. The van der Waals surface area contributed by atoms with E-state index in [-0.39, 0.29) is 11.9 Å². The third-order valence-electron chi connectivity index (χ3n) is 2.62. The zero-order valence-electron chi connectivity index (χ0n) is 9.14. The van der Waals surface area contributed by atoms with Gasteiger partial charge in [-0.05, 0) is 25.5 Å². The summed E-state index contributed by atoms with van der Waals surface area (Å²) in [5.74, 6) is 0.0833. The molecule has 2 atom stereocenters. The number of nitrogens with one attached hydrogen (secondary N) is 1. The molecule has 0 aromatic carbocycles. The largest absolute Gasteiger partial charge is 0.384 e. The normalized spacial score (nSPS) is 24.6. The average Bonchev–Trinajstić information content (AvgIpc) is 2.65. The monoisotopic (exact) mass is 237 g/mol. The summed E-state index contributed by atoms with van der Waals surface area (Å²) in [4.78, 5) is 4.27. The molecule has 0 amide bonds. The Morgan fingerprint density at radius 3 is 3.12 bits per heavy atom. The lowest BCUT2D eigenvalue weighted by Gasteiger charge is -2.12. The molecule has 16 heavy (non-hydrogen) atoms. The van der Waals surface area contributed by atoms with Crippen LogP contribution in [0.4, 0.5) is 0 Å². The van der Waals surface area contributed by atoms with E-state index >= 15 is 0 Å². The standard InChI is InChI=1S/C11H15N3OS/c1-7-9(3-5-15-7)16-10-6-8(11(12)13)2-4-14-10/h2,4,6-7,9H,3,5H2,1H3,(H3,12,13). The average molecular weight is 237 g/mol. The highest BCUT2D eigenvalue weighted by Gasteiger charge is 2.25. The van der Waals surface area contributed by atoms with Gasteiger partial charge in [0.15, 0.2) is 0 Å². The highest BCUT2D eigenvalue weighted by Crippen LogP contribution is 2.31. The quantitative estimate of drug-likeness (QED) is 0.619. The minimum absolute atomic E-state index is 0.0833. The van der Waals surface area contributed by atoms with Crippen LogP contribution in [0.15, 0.2) is 23.4 Å². The van der Waals surface area contributed by atoms with E-state index in [1.54, 1.807) is 24.0 Å². The summed E-state index contributed by atoms with van der Waals surface area (Å²) in [7, 11) is 0. The van der Waals surface area contributed by atoms with Crippen molar-refractivity contribution in [3.05, 3.63) is 23.9 Å². The van der Waals surface area contributed by atoms with Crippen LogP contribution in [0.2, 0.25) is 0 Å². The minimum Gasteiger partial charge on any atom is -0.384 e. The smallest absolute Gasteiger partial charge is 0.122 e. The maximum atomic E-state index is 7.37. The molecular formula is C11H15N3OS. The number of aromatic nitrogens is 1. The molecule has 3 N–H and O–H groups in total. The van der Waals surface area contributed by atoms with E-state index in [2.05, 4.69) is 11.9 Å². The third kappa shape index (κ3) is 2.54. The molecule has 1 saturated heterocycles. The van der Waals surface area contributed by atoms with Gasteiger partial charge >= 0.3 is 0 Å². The number of hydrogen-bond acceptors (Lipinski definition) is 4. The summed E-state index contributed by atoms with van der Waals surface area (Å²) in [6, 6.07) is 3.61. The van der Waals surface area contributed by atoms with Crippen LogP contribution in [0.25, 0.3) is 0 Å². The number of nitrogen functional groups attached to an aromatic ring is 1. The highest BCUT2D eigenvalue weighted by molar-refractivity contribution is 7.99. The van der Waals surface area contributed by atoms with E-state index < -0.39 is 0 Å². The van der Waals surface area contributed by atoms with Crippen LogP contribution >= 0.6 is 11.8 Å². The van der Waals surface area contributed by atoms with Gasteiger partial charge in [0.2, 0.25) is 0 Å². The molecule has 1 fully saturated rings. The molecule has 86 valence electrons. The van der Waals surface area contributed by atoms with Crippen LogP contribution < -0.4 is 5.73 Å². The van der Waals surface area contributed by atoms with Crippen LogP contribution in [0, 0.1) is 5.41 Å². The molecule has 1 aromatic heterocycles. The fourth-order valence-corrected chi connectivity index (χ4v) is 2.77. The van der Waals surface area contributed by atoms with Gasteiger partial charge in [0, 0.05) is 23.6 Å². The van der Waals surface area contributed by atoms with Crippen LogP contribution in [-0.4, -0.2) is 28.8 Å². The molecule has 2 unspecified atom stereocenters. The first-order valence-electron chi connectivity index (χ1n) is 5.25. The molecule has 4 nitrogen and oxygen atoms in total. The fraction of sp³-hybridized carbons (Fsp3) is 0.455. The molecule has 0 aliphatic carbocycles. The molecular weight excluding hydrogens is 222 g/mol. The zero-order chi connectivity index (χ0) is 11.5. The molecule has 1 aliphatic heterocycles. The number of thioether (sulfide) groups is 1. The van der Waals surface area contributed by atoms with E-state index in [9.17, 15) is 0 Å². The van der Waals surface area contributed by atoms with Crippen molar-refractivity contribution in [2.24, 2.45) is 5.73 Å². The Morgan fingerprint density at radius 2 is 2.50 bits per heavy atom. The van der Waals surface area contributed by atoms with Crippen molar-refractivity contribution in [1.82, 2.24) is 4.98 Å². The van der Waals surface area contributed by atoms with Gasteiger partial charge in [-0.25, -0.2) is 4.98 Å². The van der Waals surface area contributed by atoms with Gasteiger partial charge in [0.1, 0.15) is 5.84 Å². The number of pyridine rings is 1. The molecule has 1 aromatic rings. The third-order valence-corrected chi connectivity index (χ3v) is 4.01. The summed E-state index contributed by atoms with van der Waals surface area (Å²) in [6.45, 7) is 2.91. The van der Waals surface area contributed by atoms with Crippen LogP contribution in [-0.2, 0) is 4.74 Å². The molecule has 5 heteroatoms. The van der Waals surface area contributed by atoms with Gasteiger partial charge in [-0.2, -0.15) is 0 Å². The summed E-state index contributed by atoms with van der Waals surface area (Å²) in [5, 5.41) is 8.74. The van der Waals surface area contributed by atoms with Crippen LogP contribution in [0.1, 0.15) is 18.9 Å². The lowest BCUT2D eigenvalue weighted by atomic mass is 10.2. The lowest BCUT2D eigenvalue weighted by Crippen LogP contribution is -2.14. The van der Waals surface area contributed by atoms with Gasteiger partial charge in [-0.15, -0.1) is 11.8 Å². The van der Waals surface area contributed by atoms with Crippen LogP contribution in [0.3, 0.4) is 0 Å². The molecule has 1 aliphatic rings. The Labute approximate surface area is 99.1 Å². The van der Waals surface area contributed by atoms with E-state index in [0.29, 0.717) is 5.25 Å². The zero-order valence-corrected chi connectivity index (χ0v) is 9.96. The summed E-state index contributed by atoms with van der Waals surface area (Å²) in [5.41, 5.74) is 6.17. The van der Waals surface area contributed by atoms with Gasteiger partial charge in [-0.1, -0.05) is 0 Å². The fourth-order valence-electron chi connectivity index (χ4n) is 1.66. The predicted octanol–water partition coefficient (Wildman–Crippen LogP) is 1.64. The maximum Gasteiger partial charge on any atom is 0.122 e. The molecule has 0 radical (unpaired) electrons. The van der Waals surface area contributed by atoms with Crippen molar-refractivity contribution >= 4 is 17.6 Å². The minimum atomic E-state index is 0.0833. The molecule has 0 bridgehead atoms. The number of nitrogens with zero attached hydrogens (tertiary/aromatic N) is 1. The predicted molar refractivity (Wildman–Crippen MR) is 64.9 cm³/mol. The number of rotatable bonds is 3. The van der Waals surface area contributed by atoms with Gasteiger partial charge in [0.25, 0.3) is 0 Å². The lowest BCUT2D eigenvalue weighted by molar-refractivity contribution is 0.127. The number of nitrogens with two attached hydrogens (primary N) is 1. The summed E-state index contributed by atoms with van der Waals surface area (Å²) in [6.07, 6.45) is 3.02. The second-order valence-electron chi connectivity index (χ2n) is 3.82. The summed E-state index contributed by atoms with van der Waals surface area (Å²) >= 11 is 1.70. The Kier molecular flexibility index (Phi) is 3.46.